The first-order valence-corrected chi connectivity index (χ1v) is 5.71. The Morgan fingerprint density at radius 2 is 1.62 bits per heavy atom. The maximum atomic E-state index is 11.6. The zero-order valence-electron chi connectivity index (χ0n) is 10.5. The Morgan fingerprint density at radius 3 is 2.29 bits per heavy atom. The standard InChI is InChI=1S/C13H9N3O5/c17-13-5-4-12(16(20)21)6-9(13)8-14-10-2-1-3-11(7-10)15(18)19/h1-8,17H/p-1. The molecule has 0 fully saturated rings. The maximum Gasteiger partial charge on any atom is 0.271 e. The van der Waals surface area contributed by atoms with E-state index in [1.165, 1.54) is 24.3 Å². The second-order valence-corrected chi connectivity index (χ2v) is 4.01. The Balaban J connectivity index is 2.33. The Labute approximate surface area is 118 Å². The number of nitro benzene ring substituents is 2. The fourth-order valence-electron chi connectivity index (χ4n) is 1.58. The van der Waals surface area contributed by atoms with E-state index in [-0.39, 0.29) is 22.6 Å². The summed E-state index contributed by atoms with van der Waals surface area (Å²) in [6.07, 6.45) is 1.15. The molecule has 2 aromatic rings. The molecule has 106 valence electrons. The predicted octanol–water partition coefficient (Wildman–Crippen LogP) is 2.33. The topological polar surface area (TPSA) is 122 Å². The SMILES string of the molecule is O=[N+]([O-])c1cccc(N=Cc2cc([N+](=O)[O-])ccc2[O-])c1. The molecule has 0 aromatic heterocycles. The van der Waals surface area contributed by atoms with Gasteiger partial charge < -0.3 is 5.11 Å². The van der Waals surface area contributed by atoms with Gasteiger partial charge in [-0.25, -0.2) is 0 Å². The highest BCUT2D eigenvalue weighted by atomic mass is 16.6. The minimum Gasteiger partial charge on any atom is -0.872 e. The van der Waals surface area contributed by atoms with Crippen LogP contribution in [0, 0.1) is 20.2 Å². The molecule has 0 N–H and O–H groups in total. The molecule has 2 aromatic carbocycles. The molecule has 0 aliphatic heterocycles. The molecular formula is C13H8N3O5-. The molecule has 0 atom stereocenters. The maximum absolute atomic E-state index is 11.6. The van der Waals surface area contributed by atoms with Crippen LogP contribution in [-0.4, -0.2) is 16.1 Å². The van der Waals surface area contributed by atoms with E-state index in [4.69, 9.17) is 0 Å². The zero-order valence-corrected chi connectivity index (χ0v) is 10.5. The van der Waals surface area contributed by atoms with E-state index in [1.54, 1.807) is 0 Å². The van der Waals surface area contributed by atoms with E-state index in [9.17, 15) is 25.3 Å². The van der Waals surface area contributed by atoms with E-state index in [2.05, 4.69) is 4.99 Å². The Kier molecular flexibility index (Phi) is 3.89. The Hall–Kier alpha value is -3.29. The number of hydrogen-bond acceptors (Lipinski definition) is 6. The third-order valence-corrected chi connectivity index (χ3v) is 2.60. The van der Waals surface area contributed by atoms with Gasteiger partial charge in [-0.2, -0.15) is 0 Å². The van der Waals surface area contributed by atoms with Crippen LogP contribution in [0.3, 0.4) is 0 Å². The Morgan fingerprint density at radius 1 is 0.952 bits per heavy atom. The third-order valence-electron chi connectivity index (χ3n) is 2.60. The smallest absolute Gasteiger partial charge is 0.271 e. The summed E-state index contributed by atoms with van der Waals surface area (Å²) in [6, 6.07) is 8.80. The molecule has 0 saturated heterocycles. The average Bonchev–Trinajstić information content (AvgIpc) is 2.46. The quantitative estimate of drug-likeness (QED) is 0.485. The Bertz CT molecular complexity index is 742. The van der Waals surface area contributed by atoms with Crippen molar-refractivity contribution in [1.82, 2.24) is 0 Å². The molecule has 0 radical (unpaired) electrons. The van der Waals surface area contributed by atoms with Crippen LogP contribution >= 0.6 is 0 Å². The minimum atomic E-state index is -0.621. The highest BCUT2D eigenvalue weighted by Crippen LogP contribution is 2.22. The second kappa shape index (κ2) is 5.78. The van der Waals surface area contributed by atoms with Gasteiger partial charge in [-0.15, -0.1) is 0 Å². The summed E-state index contributed by atoms with van der Waals surface area (Å²) in [4.78, 5) is 24.0. The van der Waals surface area contributed by atoms with Crippen molar-refractivity contribution in [3.8, 4) is 5.75 Å². The molecule has 0 amide bonds. The van der Waals surface area contributed by atoms with Crippen LogP contribution in [0.15, 0.2) is 47.5 Å². The van der Waals surface area contributed by atoms with Crippen molar-refractivity contribution in [2.45, 2.75) is 0 Å². The molecule has 8 heteroatoms. The van der Waals surface area contributed by atoms with Crippen molar-refractivity contribution in [3.05, 3.63) is 68.3 Å². The summed E-state index contributed by atoms with van der Waals surface area (Å²) in [6.45, 7) is 0. The van der Waals surface area contributed by atoms with E-state index in [0.717, 1.165) is 24.4 Å². The fourth-order valence-corrected chi connectivity index (χ4v) is 1.58. The molecule has 0 aliphatic carbocycles. The number of benzene rings is 2. The lowest BCUT2D eigenvalue weighted by Crippen LogP contribution is -1.98. The molecule has 0 spiro atoms. The molecule has 0 aliphatic rings. The van der Waals surface area contributed by atoms with Gasteiger partial charge in [-0.1, -0.05) is 17.9 Å². The number of rotatable bonds is 4. The highest BCUT2D eigenvalue weighted by Gasteiger charge is 2.06. The average molecular weight is 286 g/mol. The lowest BCUT2D eigenvalue weighted by atomic mass is 10.2. The molecule has 0 saturated carbocycles. The monoisotopic (exact) mass is 286 g/mol. The fraction of sp³-hybridized carbons (Fsp3) is 0. The first kappa shape index (κ1) is 14.1. The van der Waals surface area contributed by atoms with Gasteiger partial charge in [0.05, 0.1) is 15.5 Å². The second-order valence-electron chi connectivity index (χ2n) is 4.01. The number of aliphatic imine (C=N–C) groups is 1. The summed E-state index contributed by atoms with van der Waals surface area (Å²) in [7, 11) is 0. The van der Waals surface area contributed by atoms with Gasteiger partial charge in [0.1, 0.15) is 0 Å². The van der Waals surface area contributed by atoms with Crippen LogP contribution in [0.4, 0.5) is 17.1 Å². The summed E-state index contributed by atoms with van der Waals surface area (Å²) in [5.74, 6) is -0.421. The van der Waals surface area contributed by atoms with Crippen molar-refractivity contribution >= 4 is 23.3 Å². The first-order valence-electron chi connectivity index (χ1n) is 5.71. The minimum absolute atomic E-state index is 0.0377. The summed E-state index contributed by atoms with van der Waals surface area (Å²) in [5, 5.41) is 32.8. The number of hydrogen-bond donors (Lipinski definition) is 0. The molecule has 0 heterocycles. The molecule has 0 bridgehead atoms. The van der Waals surface area contributed by atoms with Gasteiger partial charge in [-0.05, 0) is 11.6 Å². The highest BCUT2D eigenvalue weighted by molar-refractivity contribution is 5.86. The van der Waals surface area contributed by atoms with Gasteiger partial charge in [0, 0.05) is 30.5 Å². The van der Waals surface area contributed by atoms with Crippen molar-refractivity contribution in [1.29, 1.82) is 0 Å². The van der Waals surface area contributed by atoms with E-state index in [1.807, 2.05) is 0 Å². The van der Waals surface area contributed by atoms with Gasteiger partial charge in [-0.3, -0.25) is 25.2 Å². The molecule has 8 nitrogen and oxygen atoms in total. The van der Waals surface area contributed by atoms with Crippen LogP contribution in [-0.2, 0) is 0 Å². The molecule has 21 heavy (non-hydrogen) atoms. The van der Waals surface area contributed by atoms with E-state index in [0.29, 0.717) is 0 Å². The van der Waals surface area contributed by atoms with E-state index < -0.39 is 15.6 Å². The van der Waals surface area contributed by atoms with Gasteiger partial charge in [0.2, 0.25) is 0 Å². The molecule has 0 unspecified atom stereocenters. The number of nitro groups is 2. The van der Waals surface area contributed by atoms with Crippen molar-refractivity contribution < 1.29 is 15.0 Å². The van der Waals surface area contributed by atoms with Crippen molar-refractivity contribution in [2.24, 2.45) is 4.99 Å². The zero-order chi connectivity index (χ0) is 15.4. The summed E-state index contributed by atoms with van der Waals surface area (Å²) < 4.78 is 0. The molecule has 2 rings (SSSR count). The summed E-state index contributed by atoms with van der Waals surface area (Å²) >= 11 is 0. The normalized spacial score (nSPS) is 10.7. The lowest BCUT2D eigenvalue weighted by molar-refractivity contribution is -0.385. The third kappa shape index (κ3) is 3.38. The van der Waals surface area contributed by atoms with Crippen LogP contribution in [0.5, 0.6) is 5.75 Å². The number of nitrogens with zero attached hydrogens (tertiary/aromatic N) is 3. The van der Waals surface area contributed by atoms with Crippen LogP contribution < -0.4 is 5.11 Å². The summed E-state index contributed by atoms with van der Waals surface area (Å²) in [5.41, 5.74) is -0.0491. The van der Waals surface area contributed by atoms with Crippen LogP contribution in [0.2, 0.25) is 0 Å². The van der Waals surface area contributed by atoms with Crippen LogP contribution in [0.25, 0.3) is 0 Å². The van der Waals surface area contributed by atoms with Crippen molar-refractivity contribution in [2.75, 3.05) is 0 Å². The lowest BCUT2D eigenvalue weighted by Gasteiger charge is -2.08. The van der Waals surface area contributed by atoms with Gasteiger partial charge in [0.25, 0.3) is 11.4 Å². The predicted molar refractivity (Wildman–Crippen MR) is 72.9 cm³/mol. The first-order chi connectivity index (χ1) is 9.97. The van der Waals surface area contributed by atoms with Crippen LogP contribution in [0.1, 0.15) is 5.56 Å². The van der Waals surface area contributed by atoms with Gasteiger partial charge in [0.15, 0.2) is 0 Å². The largest absolute Gasteiger partial charge is 0.872 e. The van der Waals surface area contributed by atoms with E-state index >= 15 is 0 Å². The van der Waals surface area contributed by atoms with Crippen molar-refractivity contribution in [3.63, 3.8) is 0 Å². The molecular weight excluding hydrogens is 278 g/mol. The van der Waals surface area contributed by atoms with Gasteiger partial charge >= 0.3 is 0 Å². The number of non-ortho nitro benzene ring substituents is 2.